The number of carbonyl (C=O) groups excluding carboxylic acids is 2. The molecule has 0 aliphatic carbocycles. The molecule has 0 aromatic carbocycles. The van der Waals surface area contributed by atoms with Crippen LogP contribution in [0.1, 0.15) is 13.8 Å². The molecular formula is C9H16N2O3S. The number of piperazine rings is 1. The normalized spacial score (nSPS) is 26.1. The van der Waals surface area contributed by atoms with Gasteiger partial charge in [-0.05, 0) is 13.8 Å². The molecule has 0 radical (unpaired) electrons. The van der Waals surface area contributed by atoms with Crippen LogP contribution >= 0.6 is 0 Å². The van der Waals surface area contributed by atoms with E-state index >= 15 is 0 Å². The van der Waals surface area contributed by atoms with Gasteiger partial charge in [0.1, 0.15) is 6.04 Å². The molecule has 2 amide bonds. The third-order valence-corrected chi connectivity index (χ3v) is 3.72. The number of amides is 2. The molecule has 1 heterocycles. The van der Waals surface area contributed by atoms with Gasteiger partial charge >= 0.3 is 0 Å². The van der Waals surface area contributed by atoms with E-state index in [9.17, 15) is 13.8 Å². The summed E-state index contributed by atoms with van der Waals surface area (Å²) in [6.07, 6.45) is 1.60. The molecule has 1 aliphatic heterocycles. The summed E-state index contributed by atoms with van der Waals surface area (Å²) in [5.41, 5.74) is 0. The fourth-order valence-corrected chi connectivity index (χ4v) is 1.83. The first kappa shape index (κ1) is 12.2. The lowest BCUT2D eigenvalue weighted by Crippen LogP contribution is -2.58. The molecule has 0 saturated carbocycles. The van der Waals surface area contributed by atoms with Gasteiger partial charge in [0, 0.05) is 28.9 Å². The lowest BCUT2D eigenvalue weighted by molar-refractivity contribution is -0.143. The molecule has 0 spiro atoms. The van der Waals surface area contributed by atoms with Gasteiger partial charge in [-0.25, -0.2) is 0 Å². The summed E-state index contributed by atoms with van der Waals surface area (Å²) in [4.78, 5) is 24.3. The maximum absolute atomic E-state index is 11.6. The zero-order chi connectivity index (χ0) is 11.6. The van der Waals surface area contributed by atoms with Crippen molar-refractivity contribution in [2.24, 2.45) is 0 Å². The maximum Gasteiger partial charge on any atom is 0.245 e. The third-order valence-electron chi connectivity index (χ3n) is 2.44. The van der Waals surface area contributed by atoms with Crippen LogP contribution in [-0.4, -0.2) is 51.6 Å². The Hall–Kier alpha value is -0.910. The monoisotopic (exact) mass is 232 g/mol. The molecule has 0 bridgehead atoms. The molecule has 1 saturated heterocycles. The van der Waals surface area contributed by atoms with Gasteiger partial charge in [-0.3, -0.25) is 13.8 Å². The Morgan fingerprint density at radius 3 is 2.73 bits per heavy atom. The summed E-state index contributed by atoms with van der Waals surface area (Å²) in [5.74, 6) is -0.261. The van der Waals surface area contributed by atoms with Crippen LogP contribution in [0.5, 0.6) is 0 Å². The number of hydrogen-bond donors (Lipinski definition) is 1. The summed E-state index contributed by atoms with van der Waals surface area (Å²) < 4.78 is 11.2. The molecule has 1 N–H and O–H groups in total. The predicted octanol–water partition coefficient (Wildman–Crippen LogP) is -0.900. The van der Waals surface area contributed by atoms with E-state index in [4.69, 9.17) is 0 Å². The summed E-state index contributed by atoms with van der Waals surface area (Å²) >= 11 is 0. The minimum absolute atomic E-state index is 0.0741. The lowest BCUT2D eigenvalue weighted by Gasteiger charge is -2.32. The highest BCUT2D eigenvalue weighted by atomic mass is 32.2. The van der Waals surface area contributed by atoms with Crippen molar-refractivity contribution in [2.45, 2.75) is 25.1 Å². The van der Waals surface area contributed by atoms with Crippen molar-refractivity contribution in [3.63, 3.8) is 0 Å². The van der Waals surface area contributed by atoms with E-state index in [1.807, 2.05) is 0 Å². The molecule has 0 aromatic heterocycles. The molecule has 1 fully saturated rings. The molecule has 6 heteroatoms. The minimum atomic E-state index is -0.975. The van der Waals surface area contributed by atoms with Crippen LogP contribution in [0.3, 0.4) is 0 Å². The zero-order valence-electron chi connectivity index (χ0n) is 9.15. The SMILES string of the molecule is CC1NC(=O)CN(CC(C)S(C)=O)C1=O. The van der Waals surface area contributed by atoms with Crippen LogP contribution in [0.15, 0.2) is 0 Å². The van der Waals surface area contributed by atoms with Gasteiger partial charge in [0.15, 0.2) is 0 Å². The Morgan fingerprint density at radius 1 is 1.60 bits per heavy atom. The number of hydrogen-bond acceptors (Lipinski definition) is 3. The molecule has 0 aromatic rings. The van der Waals surface area contributed by atoms with Gasteiger partial charge in [-0.1, -0.05) is 0 Å². The fourth-order valence-electron chi connectivity index (χ4n) is 1.44. The second kappa shape index (κ2) is 4.74. The average molecular weight is 232 g/mol. The highest BCUT2D eigenvalue weighted by molar-refractivity contribution is 7.84. The highest BCUT2D eigenvalue weighted by Crippen LogP contribution is 2.05. The molecule has 3 atom stereocenters. The second-order valence-electron chi connectivity index (χ2n) is 3.82. The zero-order valence-corrected chi connectivity index (χ0v) is 9.97. The lowest BCUT2D eigenvalue weighted by atomic mass is 10.2. The molecule has 3 unspecified atom stereocenters. The molecule has 86 valence electrons. The Balaban J connectivity index is 2.64. The topological polar surface area (TPSA) is 66.5 Å². The molecule has 15 heavy (non-hydrogen) atoms. The van der Waals surface area contributed by atoms with Crippen LogP contribution in [0.2, 0.25) is 0 Å². The fraction of sp³-hybridized carbons (Fsp3) is 0.778. The average Bonchev–Trinajstić information content (AvgIpc) is 2.13. The standard InChI is InChI=1S/C9H16N2O3S/c1-6(15(3)14)4-11-5-8(12)10-7(2)9(11)13/h6-7H,4-5H2,1-3H3,(H,10,12). The van der Waals surface area contributed by atoms with E-state index in [0.29, 0.717) is 6.54 Å². The highest BCUT2D eigenvalue weighted by Gasteiger charge is 2.30. The van der Waals surface area contributed by atoms with Crippen molar-refractivity contribution >= 4 is 22.6 Å². The second-order valence-corrected chi connectivity index (χ2v) is 5.62. The largest absolute Gasteiger partial charge is 0.343 e. The Morgan fingerprint density at radius 2 is 2.20 bits per heavy atom. The summed E-state index contributed by atoms with van der Waals surface area (Å²) in [7, 11) is -0.975. The van der Waals surface area contributed by atoms with Crippen LogP contribution in [-0.2, 0) is 20.4 Å². The Labute approximate surface area is 91.7 Å². The van der Waals surface area contributed by atoms with Gasteiger partial charge < -0.3 is 10.2 Å². The van der Waals surface area contributed by atoms with Gasteiger partial charge in [-0.15, -0.1) is 0 Å². The molecule has 1 aliphatic rings. The molecular weight excluding hydrogens is 216 g/mol. The first-order valence-electron chi connectivity index (χ1n) is 4.82. The first-order valence-corrected chi connectivity index (χ1v) is 6.44. The van der Waals surface area contributed by atoms with Gasteiger partial charge in [-0.2, -0.15) is 0 Å². The van der Waals surface area contributed by atoms with Crippen molar-refractivity contribution in [3.05, 3.63) is 0 Å². The summed E-state index contributed by atoms with van der Waals surface area (Å²) in [6, 6.07) is -0.469. The number of nitrogens with one attached hydrogen (secondary N) is 1. The maximum atomic E-state index is 11.6. The van der Waals surface area contributed by atoms with Crippen molar-refractivity contribution < 1.29 is 13.8 Å². The quantitative estimate of drug-likeness (QED) is 0.686. The van der Waals surface area contributed by atoms with Crippen LogP contribution in [0.4, 0.5) is 0 Å². The first-order chi connectivity index (χ1) is 6.91. The van der Waals surface area contributed by atoms with Crippen molar-refractivity contribution in [1.82, 2.24) is 10.2 Å². The molecule has 5 nitrogen and oxygen atoms in total. The van der Waals surface area contributed by atoms with E-state index in [2.05, 4.69) is 5.32 Å². The number of nitrogens with zero attached hydrogens (tertiary/aromatic N) is 1. The Bertz CT molecular complexity index is 306. The minimum Gasteiger partial charge on any atom is -0.343 e. The predicted molar refractivity (Wildman–Crippen MR) is 57.7 cm³/mol. The van der Waals surface area contributed by atoms with Crippen molar-refractivity contribution in [3.8, 4) is 0 Å². The van der Waals surface area contributed by atoms with Gasteiger partial charge in [0.2, 0.25) is 11.8 Å². The number of rotatable bonds is 3. The van der Waals surface area contributed by atoms with E-state index in [1.165, 1.54) is 4.90 Å². The van der Waals surface area contributed by atoms with Crippen molar-refractivity contribution in [2.75, 3.05) is 19.3 Å². The van der Waals surface area contributed by atoms with Crippen LogP contribution < -0.4 is 5.32 Å². The smallest absolute Gasteiger partial charge is 0.245 e. The van der Waals surface area contributed by atoms with Gasteiger partial charge in [0.05, 0.1) is 6.54 Å². The van der Waals surface area contributed by atoms with Crippen molar-refractivity contribution in [1.29, 1.82) is 0 Å². The summed E-state index contributed by atoms with van der Waals surface area (Å²) in [5, 5.41) is 2.45. The van der Waals surface area contributed by atoms with E-state index in [0.717, 1.165) is 0 Å². The third kappa shape index (κ3) is 3.02. The van der Waals surface area contributed by atoms with E-state index in [1.54, 1.807) is 20.1 Å². The number of carbonyl (C=O) groups is 2. The van der Waals surface area contributed by atoms with Crippen LogP contribution in [0.25, 0.3) is 0 Å². The van der Waals surface area contributed by atoms with E-state index < -0.39 is 16.8 Å². The van der Waals surface area contributed by atoms with Crippen LogP contribution in [0, 0.1) is 0 Å². The van der Waals surface area contributed by atoms with Gasteiger partial charge in [0.25, 0.3) is 0 Å². The van der Waals surface area contributed by atoms with E-state index in [-0.39, 0.29) is 23.6 Å². The Kier molecular flexibility index (Phi) is 3.84. The summed E-state index contributed by atoms with van der Waals surface area (Å²) in [6.45, 7) is 3.91. The molecule has 1 rings (SSSR count).